The Balaban J connectivity index is 2.35. The molecule has 0 bridgehead atoms. The van der Waals surface area contributed by atoms with Gasteiger partial charge in [-0.3, -0.25) is 0 Å². The number of nitrogens with one attached hydrogen (secondary N) is 2. The van der Waals surface area contributed by atoms with Crippen LogP contribution in [0.3, 0.4) is 0 Å². The van der Waals surface area contributed by atoms with Crippen LogP contribution in [0.2, 0.25) is 0 Å². The second-order valence-electron chi connectivity index (χ2n) is 3.62. The minimum absolute atomic E-state index is 0.340. The summed E-state index contributed by atoms with van der Waals surface area (Å²) in [5, 5.41) is 3.12. The van der Waals surface area contributed by atoms with E-state index >= 15 is 0 Å². The molecule has 0 aromatic heterocycles. The highest BCUT2D eigenvalue weighted by Gasteiger charge is 2.10. The fraction of sp³-hybridized carbons (Fsp3) is 0.400. The average molecular weight is 322 g/mol. The molecule has 96 valence electrons. The molecule has 0 saturated heterocycles. The summed E-state index contributed by atoms with van der Waals surface area (Å²) in [6.45, 7) is 0.872. The first kappa shape index (κ1) is 14.4. The molecule has 17 heavy (non-hydrogen) atoms. The molecule has 1 rings (SSSR count). The summed E-state index contributed by atoms with van der Waals surface area (Å²) >= 11 is 3.36. The molecule has 0 fully saturated rings. The number of rotatable bonds is 6. The van der Waals surface area contributed by atoms with Crippen molar-refractivity contribution in [2.45, 2.75) is 0 Å². The number of nitrogens with zero attached hydrogens (tertiary/aromatic N) is 1. The Bertz CT molecular complexity index is 462. The normalized spacial score (nSPS) is 11.8. The molecule has 0 atom stereocenters. The highest BCUT2D eigenvalue weighted by atomic mass is 79.9. The monoisotopic (exact) mass is 321 g/mol. The van der Waals surface area contributed by atoms with Crippen LogP contribution >= 0.6 is 15.9 Å². The summed E-state index contributed by atoms with van der Waals surface area (Å²) in [4.78, 5) is 0. The lowest BCUT2D eigenvalue weighted by atomic mass is 10.3. The Hall–Kier alpha value is -0.630. The number of hydrogen-bond acceptors (Lipinski definition) is 3. The number of halogens is 1. The zero-order valence-electron chi connectivity index (χ0n) is 9.77. The van der Waals surface area contributed by atoms with Gasteiger partial charge in [-0.2, -0.15) is 12.7 Å². The number of anilines is 1. The minimum Gasteiger partial charge on any atom is -0.384 e. The van der Waals surface area contributed by atoms with Crippen LogP contribution in [0.25, 0.3) is 0 Å². The van der Waals surface area contributed by atoms with Crippen molar-refractivity contribution in [1.29, 1.82) is 0 Å². The second-order valence-corrected chi connectivity index (χ2v) is 6.50. The summed E-state index contributed by atoms with van der Waals surface area (Å²) in [6.07, 6.45) is 0. The minimum atomic E-state index is -3.33. The van der Waals surface area contributed by atoms with E-state index in [1.165, 1.54) is 14.1 Å². The Labute approximate surface area is 111 Å². The van der Waals surface area contributed by atoms with Crippen molar-refractivity contribution in [2.75, 3.05) is 32.5 Å². The zero-order chi connectivity index (χ0) is 12.9. The van der Waals surface area contributed by atoms with E-state index in [9.17, 15) is 8.42 Å². The van der Waals surface area contributed by atoms with Crippen molar-refractivity contribution >= 4 is 31.8 Å². The molecule has 0 aliphatic carbocycles. The zero-order valence-corrected chi connectivity index (χ0v) is 12.2. The van der Waals surface area contributed by atoms with Gasteiger partial charge in [0.25, 0.3) is 10.2 Å². The van der Waals surface area contributed by atoms with Gasteiger partial charge in [-0.25, -0.2) is 4.72 Å². The van der Waals surface area contributed by atoms with E-state index in [2.05, 4.69) is 26.0 Å². The summed E-state index contributed by atoms with van der Waals surface area (Å²) in [7, 11) is -0.346. The third kappa shape index (κ3) is 5.03. The Morgan fingerprint density at radius 3 is 2.59 bits per heavy atom. The van der Waals surface area contributed by atoms with Gasteiger partial charge in [0.15, 0.2) is 0 Å². The first-order chi connectivity index (χ1) is 7.92. The average Bonchev–Trinajstić information content (AvgIpc) is 2.24. The van der Waals surface area contributed by atoms with Gasteiger partial charge in [-0.15, -0.1) is 0 Å². The predicted molar refractivity (Wildman–Crippen MR) is 73.2 cm³/mol. The topological polar surface area (TPSA) is 61.4 Å². The molecule has 5 nitrogen and oxygen atoms in total. The van der Waals surface area contributed by atoms with Crippen molar-refractivity contribution < 1.29 is 8.42 Å². The maximum Gasteiger partial charge on any atom is 0.278 e. The fourth-order valence-corrected chi connectivity index (χ4v) is 2.13. The molecule has 0 amide bonds. The van der Waals surface area contributed by atoms with Gasteiger partial charge in [-0.05, 0) is 18.2 Å². The van der Waals surface area contributed by atoms with Crippen molar-refractivity contribution in [1.82, 2.24) is 9.03 Å². The fourth-order valence-electron chi connectivity index (χ4n) is 1.11. The summed E-state index contributed by atoms with van der Waals surface area (Å²) < 4.78 is 27.3. The van der Waals surface area contributed by atoms with E-state index in [0.29, 0.717) is 13.1 Å². The molecule has 1 aromatic rings. The quantitative estimate of drug-likeness (QED) is 0.775. The van der Waals surface area contributed by atoms with E-state index in [1.807, 2.05) is 24.3 Å². The maximum absolute atomic E-state index is 11.4. The molecular formula is C10H16BrN3O2S. The molecule has 1 aromatic carbocycles. The molecule has 0 radical (unpaired) electrons. The first-order valence-electron chi connectivity index (χ1n) is 5.08. The van der Waals surface area contributed by atoms with E-state index in [0.717, 1.165) is 14.5 Å². The van der Waals surface area contributed by atoms with Gasteiger partial charge >= 0.3 is 0 Å². The van der Waals surface area contributed by atoms with Crippen LogP contribution in [-0.4, -0.2) is 39.9 Å². The van der Waals surface area contributed by atoms with Crippen molar-refractivity contribution in [2.24, 2.45) is 0 Å². The smallest absolute Gasteiger partial charge is 0.278 e. The largest absolute Gasteiger partial charge is 0.384 e. The van der Waals surface area contributed by atoms with Gasteiger partial charge in [0, 0.05) is 37.3 Å². The van der Waals surface area contributed by atoms with E-state index < -0.39 is 10.2 Å². The van der Waals surface area contributed by atoms with Crippen LogP contribution in [-0.2, 0) is 10.2 Å². The van der Waals surface area contributed by atoms with Crippen molar-refractivity contribution in [3.8, 4) is 0 Å². The molecule has 0 aliphatic rings. The predicted octanol–water partition coefficient (Wildman–Crippen LogP) is 1.26. The first-order valence-corrected chi connectivity index (χ1v) is 7.31. The lowest BCUT2D eigenvalue weighted by molar-refractivity contribution is 0.507. The third-order valence-electron chi connectivity index (χ3n) is 2.04. The van der Waals surface area contributed by atoms with Gasteiger partial charge in [0.2, 0.25) is 0 Å². The highest BCUT2D eigenvalue weighted by molar-refractivity contribution is 9.10. The summed E-state index contributed by atoms with van der Waals surface area (Å²) in [6, 6.07) is 7.70. The van der Waals surface area contributed by atoms with Crippen LogP contribution in [0.5, 0.6) is 0 Å². The third-order valence-corrected chi connectivity index (χ3v) is 4.07. The number of benzene rings is 1. The lowest BCUT2D eigenvalue weighted by Gasteiger charge is -2.13. The van der Waals surface area contributed by atoms with E-state index in [4.69, 9.17) is 0 Å². The molecule has 2 N–H and O–H groups in total. The van der Waals surface area contributed by atoms with Crippen LogP contribution in [0.15, 0.2) is 28.7 Å². The molecule has 0 aliphatic heterocycles. The Kier molecular flexibility index (Phi) is 5.38. The highest BCUT2D eigenvalue weighted by Crippen LogP contribution is 2.14. The van der Waals surface area contributed by atoms with E-state index in [1.54, 1.807) is 0 Å². The van der Waals surface area contributed by atoms with Gasteiger partial charge in [0.05, 0.1) is 0 Å². The molecule has 0 unspecified atom stereocenters. The van der Waals surface area contributed by atoms with E-state index in [-0.39, 0.29) is 0 Å². The SMILES string of the molecule is CN(C)S(=O)(=O)NCCNc1cccc(Br)c1. The Morgan fingerprint density at radius 2 is 2.00 bits per heavy atom. The van der Waals surface area contributed by atoms with Crippen molar-refractivity contribution in [3.63, 3.8) is 0 Å². The molecule has 0 heterocycles. The van der Waals surface area contributed by atoms with Crippen LogP contribution in [0.4, 0.5) is 5.69 Å². The molecule has 0 spiro atoms. The molecular weight excluding hydrogens is 306 g/mol. The number of hydrogen-bond donors (Lipinski definition) is 2. The molecule has 7 heteroatoms. The maximum atomic E-state index is 11.4. The van der Waals surface area contributed by atoms with Crippen LogP contribution in [0.1, 0.15) is 0 Å². The second kappa shape index (κ2) is 6.34. The summed E-state index contributed by atoms with van der Waals surface area (Å²) in [5.74, 6) is 0. The van der Waals surface area contributed by atoms with Gasteiger partial charge in [-0.1, -0.05) is 22.0 Å². The van der Waals surface area contributed by atoms with Crippen LogP contribution < -0.4 is 10.0 Å². The van der Waals surface area contributed by atoms with Gasteiger partial charge in [0.1, 0.15) is 0 Å². The Morgan fingerprint density at radius 1 is 1.29 bits per heavy atom. The van der Waals surface area contributed by atoms with Crippen LogP contribution in [0, 0.1) is 0 Å². The summed E-state index contributed by atoms with van der Waals surface area (Å²) in [5.41, 5.74) is 0.948. The van der Waals surface area contributed by atoms with Crippen molar-refractivity contribution in [3.05, 3.63) is 28.7 Å². The van der Waals surface area contributed by atoms with Gasteiger partial charge < -0.3 is 5.32 Å². The molecule has 0 saturated carbocycles. The standard InChI is InChI=1S/C10H16BrN3O2S/c1-14(2)17(15,16)13-7-6-12-10-5-3-4-9(11)8-10/h3-5,8,12-13H,6-7H2,1-2H3. The lowest BCUT2D eigenvalue weighted by Crippen LogP contribution is -2.38.